The molecule has 0 aliphatic rings. The van der Waals surface area contributed by atoms with E-state index in [1.807, 2.05) is 54.2 Å². The fourth-order valence-electron chi connectivity index (χ4n) is 2.51. The summed E-state index contributed by atoms with van der Waals surface area (Å²) in [4.78, 5) is 4.23. The summed E-state index contributed by atoms with van der Waals surface area (Å²) >= 11 is 0. The summed E-state index contributed by atoms with van der Waals surface area (Å²) in [5.41, 5.74) is 0.750. The van der Waals surface area contributed by atoms with Crippen molar-refractivity contribution in [1.29, 1.82) is 0 Å². The van der Waals surface area contributed by atoms with Gasteiger partial charge in [-0.25, -0.2) is 4.98 Å². The minimum Gasteiger partial charge on any atom is -0.496 e. The maximum atomic E-state index is 10.7. The molecule has 0 radical (unpaired) electrons. The molecule has 0 unspecified atom stereocenters. The van der Waals surface area contributed by atoms with Gasteiger partial charge >= 0.3 is 0 Å². The Morgan fingerprint density at radius 1 is 1.20 bits per heavy atom. The van der Waals surface area contributed by atoms with E-state index in [1.165, 1.54) is 0 Å². The van der Waals surface area contributed by atoms with Gasteiger partial charge in [-0.3, -0.25) is 0 Å². The second-order valence-corrected chi connectivity index (χ2v) is 4.70. The van der Waals surface area contributed by atoms with Crippen LogP contribution in [0.15, 0.2) is 48.8 Å². The molecule has 3 rings (SSSR count). The van der Waals surface area contributed by atoms with Gasteiger partial charge in [0.05, 0.1) is 7.11 Å². The lowest BCUT2D eigenvalue weighted by molar-refractivity contribution is 0.203. The van der Waals surface area contributed by atoms with Crippen molar-refractivity contribution in [2.75, 3.05) is 7.11 Å². The van der Waals surface area contributed by atoms with Crippen molar-refractivity contribution in [3.8, 4) is 5.75 Å². The average molecular weight is 268 g/mol. The SMILES string of the molecule is COc1ccc2ccccc2c1[C@H](O)c1nccn1C. The second-order valence-electron chi connectivity index (χ2n) is 4.70. The van der Waals surface area contributed by atoms with Crippen LogP contribution in [-0.2, 0) is 7.05 Å². The van der Waals surface area contributed by atoms with Gasteiger partial charge in [0, 0.05) is 25.0 Å². The van der Waals surface area contributed by atoms with Crippen LogP contribution in [0.1, 0.15) is 17.5 Å². The predicted molar refractivity (Wildman–Crippen MR) is 77.8 cm³/mol. The van der Waals surface area contributed by atoms with Crippen molar-refractivity contribution in [3.05, 3.63) is 60.2 Å². The van der Waals surface area contributed by atoms with E-state index in [0.717, 1.165) is 16.3 Å². The molecule has 20 heavy (non-hydrogen) atoms. The number of methoxy groups -OCH3 is 1. The van der Waals surface area contributed by atoms with Gasteiger partial charge in [0.25, 0.3) is 0 Å². The summed E-state index contributed by atoms with van der Waals surface area (Å²) in [5.74, 6) is 1.26. The predicted octanol–water partition coefficient (Wildman–Crippen LogP) is 2.66. The second kappa shape index (κ2) is 4.98. The Hall–Kier alpha value is -2.33. The van der Waals surface area contributed by atoms with Gasteiger partial charge < -0.3 is 14.4 Å². The third-order valence-electron chi connectivity index (χ3n) is 3.53. The van der Waals surface area contributed by atoms with Crippen LogP contribution in [0, 0.1) is 0 Å². The number of aromatic nitrogens is 2. The minimum atomic E-state index is -0.823. The van der Waals surface area contributed by atoms with E-state index in [9.17, 15) is 5.11 Å². The molecule has 0 bridgehead atoms. The summed E-state index contributed by atoms with van der Waals surface area (Å²) < 4.78 is 7.23. The van der Waals surface area contributed by atoms with E-state index in [-0.39, 0.29) is 0 Å². The Morgan fingerprint density at radius 2 is 2.00 bits per heavy atom. The Kier molecular flexibility index (Phi) is 3.16. The highest BCUT2D eigenvalue weighted by Gasteiger charge is 2.21. The zero-order valence-electron chi connectivity index (χ0n) is 11.4. The molecule has 4 heteroatoms. The molecule has 0 saturated heterocycles. The van der Waals surface area contributed by atoms with E-state index in [1.54, 1.807) is 13.3 Å². The van der Waals surface area contributed by atoms with Gasteiger partial charge in [-0.05, 0) is 16.8 Å². The Bertz CT molecular complexity index is 749. The number of aliphatic hydroxyl groups is 1. The molecule has 4 nitrogen and oxygen atoms in total. The molecule has 1 aromatic heterocycles. The lowest BCUT2D eigenvalue weighted by atomic mass is 9.98. The molecule has 102 valence electrons. The zero-order chi connectivity index (χ0) is 14.1. The van der Waals surface area contributed by atoms with Crippen LogP contribution in [0.2, 0.25) is 0 Å². The average Bonchev–Trinajstić information content (AvgIpc) is 2.91. The molecule has 0 saturated carbocycles. The number of aliphatic hydroxyl groups excluding tert-OH is 1. The smallest absolute Gasteiger partial charge is 0.142 e. The number of hydrogen-bond donors (Lipinski definition) is 1. The summed E-state index contributed by atoms with van der Waals surface area (Å²) in [6.07, 6.45) is 2.67. The largest absolute Gasteiger partial charge is 0.496 e. The number of benzene rings is 2. The fourth-order valence-corrected chi connectivity index (χ4v) is 2.51. The van der Waals surface area contributed by atoms with Gasteiger partial charge in [-0.1, -0.05) is 30.3 Å². The Morgan fingerprint density at radius 3 is 2.70 bits per heavy atom. The standard InChI is InChI=1S/C16H16N2O2/c1-18-10-9-17-16(18)15(19)14-12-6-4-3-5-11(12)7-8-13(14)20-2/h3-10,15,19H,1-2H3/t15-/m0/s1. The lowest BCUT2D eigenvalue weighted by Gasteiger charge is -2.17. The first-order valence-electron chi connectivity index (χ1n) is 6.43. The number of imidazole rings is 1. The monoisotopic (exact) mass is 268 g/mol. The highest BCUT2D eigenvalue weighted by Crippen LogP contribution is 2.35. The van der Waals surface area contributed by atoms with Crippen molar-refractivity contribution in [3.63, 3.8) is 0 Å². The Balaban J connectivity index is 2.26. The van der Waals surface area contributed by atoms with Crippen LogP contribution in [0.3, 0.4) is 0 Å². The van der Waals surface area contributed by atoms with Crippen LogP contribution >= 0.6 is 0 Å². The number of hydrogen-bond acceptors (Lipinski definition) is 3. The normalized spacial score (nSPS) is 12.6. The van der Waals surface area contributed by atoms with Gasteiger partial charge in [0.2, 0.25) is 0 Å². The van der Waals surface area contributed by atoms with Gasteiger partial charge in [0.1, 0.15) is 17.7 Å². The van der Waals surface area contributed by atoms with E-state index in [4.69, 9.17) is 4.74 Å². The third-order valence-corrected chi connectivity index (χ3v) is 3.53. The van der Waals surface area contributed by atoms with Crippen molar-refractivity contribution in [2.24, 2.45) is 7.05 Å². The quantitative estimate of drug-likeness (QED) is 0.794. The fraction of sp³-hybridized carbons (Fsp3) is 0.188. The number of aryl methyl sites for hydroxylation is 1. The summed E-state index contributed by atoms with van der Waals surface area (Å²) in [7, 11) is 3.47. The maximum Gasteiger partial charge on any atom is 0.142 e. The first kappa shape index (κ1) is 12.7. The van der Waals surface area contributed by atoms with E-state index >= 15 is 0 Å². The topological polar surface area (TPSA) is 47.3 Å². The van der Waals surface area contributed by atoms with Crippen LogP contribution in [0.4, 0.5) is 0 Å². The summed E-state index contributed by atoms with van der Waals surface area (Å²) in [6.45, 7) is 0. The van der Waals surface area contributed by atoms with E-state index in [0.29, 0.717) is 11.6 Å². The molecule has 1 atom stereocenters. The number of fused-ring (bicyclic) bond motifs is 1. The Labute approximate surface area is 117 Å². The maximum absolute atomic E-state index is 10.7. The number of rotatable bonds is 3. The van der Waals surface area contributed by atoms with Crippen molar-refractivity contribution in [1.82, 2.24) is 9.55 Å². The van der Waals surface area contributed by atoms with Crippen LogP contribution in [-0.4, -0.2) is 21.8 Å². The molecule has 0 fully saturated rings. The van der Waals surface area contributed by atoms with Gasteiger partial charge in [-0.2, -0.15) is 0 Å². The molecule has 0 aliphatic carbocycles. The van der Waals surface area contributed by atoms with Crippen molar-refractivity contribution >= 4 is 10.8 Å². The number of nitrogens with zero attached hydrogens (tertiary/aromatic N) is 2. The molecule has 0 spiro atoms. The molecule has 3 aromatic rings. The van der Waals surface area contributed by atoms with E-state index in [2.05, 4.69) is 4.98 Å². The highest BCUT2D eigenvalue weighted by atomic mass is 16.5. The number of ether oxygens (including phenoxy) is 1. The molecule has 1 N–H and O–H groups in total. The van der Waals surface area contributed by atoms with Gasteiger partial charge in [-0.15, -0.1) is 0 Å². The first-order chi connectivity index (χ1) is 9.72. The van der Waals surface area contributed by atoms with Crippen molar-refractivity contribution < 1.29 is 9.84 Å². The first-order valence-corrected chi connectivity index (χ1v) is 6.43. The van der Waals surface area contributed by atoms with Crippen molar-refractivity contribution in [2.45, 2.75) is 6.10 Å². The molecular formula is C16H16N2O2. The van der Waals surface area contributed by atoms with Crippen LogP contribution < -0.4 is 4.74 Å². The molecule has 1 heterocycles. The highest BCUT2D eigenvalue weighted by molar-refractivity contribution is 5.88. The third kappa shape index (κ3) is 1.94. The summed E-state index contributed by atoms with van der Waals surface area (Å²) in [6, 6.07) is 11.8. The van der Waals surface area contributed by atoms with E-state index < -0.39 is 6.10 Å². The molecule has 0 amide bonds. The molecule has 0 aliphatic heterocycles. The van der Waals surface area contributed by atoms with Crippen LogP contribution in [0.5, 0.6) is 5.75 Å². The lowest BCUT2D eigenvalue weighted by Crippen LogP contribution is -2.09. The van der Waals surface area contributed by atoms with Gasteiger partial charge in [0.15, 0.2) is 0 Å². The zero-order valence-corrected chi connectivity index (χ0v) is 11.4. The summed E-state index contributed by atoms with van der Waals surface area (Å²) in [5, 5.41) is 12.7. The van der Waals surface area contributed by atoms with Crippen LogP contribution in [0.25, 0.3) is 10.8 Å². The molecule has 2 aromatic carbocycles. The molecular weight excluding hydrogens is 252 g/mol. The minimum absolute atomic E-state index is 0.597.